The van der Waals surface area contributed by atoms with Gasteiger partial charge in [0.15, 0.2) is 6.61 Å². The summed E-state index contributed by atoms with van der Waals surface area (Å²) in [4.78, 5) is 24.0. The van der Waals surface area contributed by atoms with Gasteiger partial charge in [-0.1, -0.05) is 29.3 Å². The summed E-state index contributed by atoms with van der Waals surface area (Å²) in [5.74, 6) is -0.0668. The SMILES string of the molecule is Cc1cc(C)c(NC(=O)CNC(=O)COc2ccc(Cl)cc2C)c(C)c1. The lowest BCUT2D eigenvalue weighted by Crippen LogP contribution is -2.36. The first-order valence-electron chi connectivity index (χ1n) is 8.29. The maximum atomic E-state index is 12.1. The van der Waals surface area contributed by atoms with E-state index in [1.165, 1.54) is 0 Å². The zero-order valence-electron chi connectivity index (χ0n) is 15.4. The summed E-state index contributed by atoms with van der Waals surface area (Å²) in [5, 5.41) is 6.00. The largest absolute Gasteiger partial charge is 0.484 e. The third kappa shape index (κ3) is 5.49. The molecule has 138 valence electrons. The number of aryl methyl sites for hydroxylation is 4. The molecular weight excluding hydrogens is 352 g/mol. The predicted octanol–water partition coefficient (Wildman–Crippen LogP) is 3.71. The summed E-state index contributed by atoms with van der Waals surface area (Å²) in [6, 6.07) is 9.17. The third-order valence-corrected chi connectivity index (χ3v) is 4.12. The minimum absolute atomic E-state index is 0.117. The maximum absolute atomic E-state index is 12.1. The molecule has 2 N–H and O–H groups in total. The smallest absolute Gasteiger partial charge is 0.258 e. The van der Waals surface area contributed by atoms with Crippen molar-refractivity contribution in [2.75, 3.05) is 18.5 Å². The Bertz CT molecular complexity index is 811. The highest BCUT2D eigenvalue weighted by molar-refractivity contribution is 6.30. The van der Waals surface area contributed by atoms with Crippen LogP contribution in [0.3, 0.4) is 0 Å². The lowest BCUT2D eigenvalue weighted by Gasteiger charge is -2.13. The number of carbonyl (C=O) groups is 2. The second-order valence-corrected chi connectivity index (χ2v) is 6.73. The molecule has 5 nitrogen and oxygen atoms in total. The molecule has 2 aromatic rings. The van der Waals surface area contributed by atoms with E-state index in [1.54, 1.807) is 18.2 Å². The molecule has 0 saturated carbocycles. The molecule has 0 unspecified atom stereocenters. The van der Waals surface area contributed by atoms with Gasteiger partial charge in [0, 0.05) is 10.7 Å². The van der Waals surface area contributed by atoms with E-state index < -0.39 is 0 Å². The first-order chi connectivity index (χ1) is 12.3. The van der Waals surface area contributed by atoms with Gasteiger partial charge >= 0.3 is 0 Å². The highest BCUT2D eigenvalue weighted by Gasteiger charge is 2.11. The lowest BCUT2D eigenvalue weighted by molar-refractivity contribution is -0.125. The standard InChI is InChI=1S/C20H23ClN2O3/c1-12-7-14(3)20(15(4)8-12)23-18(24)10-22-19(25)11-26-17-6-5-16(21)9-13(17)2/h5-9H,10-11H2,1-4H3,(H,22,25)(H,23,24). The number of amides is 2. The first kappa shape index (κ1) is 19.8. The maximum Gasteiger partial charge on any atom is 0.258 e. The number of ether oxygens (including phenoxy) is 1. The number of rotatable bonds is 6. The fourth-order valence-corrected chi connectivity index (χ4v) is 2.94. The summed E-state index contributed by atoms with van der Waals surface area (Å²) in [5.41, 5.74) is 4.74. The topological polar surface area (TPSA) is 67.4 Å². The Hall–Kier alpha value is -2.53. The van der Waals surface area contributed by atoms with Crippen molar-refractivity contribution in [3.05, 3.63) is 57.6 Å². The summed E-state index contributed by atoms with van der Waals surface area (Å²) >= 11 is 5.88. The van der Waals surface area contributed by atoms with Crippen LogP contribution in [0.15, 0.2) is 30.3 Å². The molecule has 26 heavy (non-hydrogen) atoms. The van der Waals surface area contributed by atoms with Crippen molar-refractivity contribution in [3.63, 3.8) is 0 Å². The molecule has 2 amide bonds. The van der Waals surface area contributed by atoms with Gasteiger partial charge in [-0.25, -0.2) is 0 Å². The van der Waals surface area contributed by atoms with Crippen molar-refractivity contribution in [3.8, 4) is 5.75 Å². The molecule has 2 aromatic carbocycles. The summed E-state index contributed by atoms with van der Waals surface area (Å²) in [6.45, 7) is 7.45. The van der Waals surface area contributed by atoms with Gasteiger partial charge in [0.05, 0.1) is 6.54 Å². The van der Waals surface area contributed by atoms with E-state index in [2.05, 4.69) is 10.6 Å². The number of benzene rings is 2. The highest BCUT2D eigenvalue weighted by atomic mass is 35.5. The fourth-order valence-electron chi connectivity index (χ4n) is 2.71. The van der Waals surface area contributed by atoms with Gasteiger partial charge in [-0.15, -0.1) is 0 Å². The van der Waals surface area contributed by atoms with Gasteiger partial charge in [0.2, 0.25) is 5.91 Å². The van der Waals surface area contributed by atoms with Crippen LogP contribution in [0.1, 0.15) is 22.3 Å². The molecule has 0 bridgehead atoms. The lowest BCUT2D eigenvalue weighted by atomic mass is 10.1. The van der Waals surface area contributed by atoms with Gasteiger partial charge < -0.3 is 15.4 Å². The Morgan fingerprint density at radius 3 is 2.23 bits per heavy atom. The minimum Gasteiger partial charge on any atom is -0.484 e. The molecule has 0 aliphatic heterocycles. The number of nitrogens with one attached hydrogen (secondary N) is 2. The van der Waals surface area contributed by atoms with Crippen molar-refractivity contribution in [2.24, 2.45) is 0 Å². The van der Waals surface area contributed by atoms with E-state index in [0.29, 0.717) is 10.8 Å². The van der Waals surface area contributed by atoms with Gasteiger partial charge in [0.1, 0.15) is 5.75 Å². The van der Waals surface area contributed by atoms with Crippen molar-refractivity contribution < 1.29 is 14.3 Å². The molecule has 2 rings (SSSR count). The normalized spacial score (nSPS) is 10.3. The van der Waals surface area contributed by atoms with Crippen molar-refractivity contribution in [1.29, 1.82) is 0 Å². The van der Waals surface area contributed by atoms with Crippen LogP contribution in [0.4, 0.5) is 5.69 Å². The predicted molar refractivity (Wildman–Crippen MR) is 104 cm³/mol. The van der Waals surface area contributed by atoms with Crippen LogP contribution in [-0.4, -0.2) is 25.0 Å². The number of anilines is 1. The Morgan fingerprint density at radius 2 is 1.62 bits per heavy atom. The van der Waals surface area contributed by atoms with E-state index in [1.807, 2.05) is 39.8 Å². The Balaban J connectivity index is 1.83. The monoisotopic (exact) mass is 374 g/mol. The molecule has 0 heterocycles. The van der Waals surface area contributed by atoms with Gasteiger partial charge in [0.25, 0.3) is 5.91 Å². The molecule has 0 atom stereocenters. The van der Waals surface area contributed by atoms with Crippen LogP contribution in [0.2, 0.25) is 5.02 Å². The molecule has 0 radical (unpaired) electrons. The van der Waals surface area contributed by atoms with Gasteiger partial charge in [-0.05, 0) is 62.6 Å². The third-order valence-electron chi connectivity index (χ3n) is 3.88. The van der Waals surface area contributed by atoms with Crippen LogP contribution in [0, 0.1) is 27.7 Å². The minimum atomic E-state index is -0.369. The number of hydrogen-bond donors (Lipinski definition) is 2. The molecule has 0 saturated heterocycles. The Labute approximate surface area is 158 Å². The van der Waals surface area contributed by atoms with Gasteiger partial charge in [-0.2, -0.15) is 0 Å². The van der Waals surface area contributed by atoms with Crippen molar-refractivity contribution in [1.82, 2.24) is 5.32 Å². The van der Waals surface area contributed by atoms with Crippen LogP contribution in [0.5, 0.6) is 5.75 Å². The Kier molecular flexibility index (Phi) is 6.64. The van der Waals surface area contributed by atoms with Crippen molar-refractivity contribution >= 4 is 29.1 Å². The van der Waals surface area contributed by atoms with E-state index in [9.17, 15) is 9.59 Å². The van der Waals surface area contributed by atoms with E-state index in [4.69, 9.17) is 16.3 Å². The van der Waals surface area contributed by atoms with E-state index in [0.717, 1.165) is 27.9 Å². The second-order valence-electron chi connectivity index (χ2n) is 6.30. The fraction of sp³-hybridized carbons (Fsp3) is 0.300. The molecule has 0 fully saturated rings. The highest BCUT2D eigenvalue weighted by Crippen LogP contribution is 2.22. The average molecular weight is 375 g/mol. The summed E-state index contributed by atoms with van der Waals surface area (Å²) in [7, 11) is 0. The average Bonchev–Trinajstić information content (AvgIpc) is 2.55. The Morgan fingerprint density at radius 1 is 0.962 bits per heavy atom. The zero-order valence-corrected chi connectivity index (χ0v) is 16.2. The molecule has 6 heteroatoms. The quantitative estimate of drug-likeness (QED) is 0.810. The van der Waals surface area contributed by atoms with Crippen LogP contribution in [0.25, 0.3) is 0 Å². The molecule has 0 spiro atoms. The van der Waals surface area contributed by atoms with Crippen LogP contribution in [-0.2, 0) is 9.59 Å². The molecular formula is C20H23ClN2O3. The number of hydrogen-bond acceptors (Lipinski definition) is 3. The van der Waals surface area contributed by atoms with E-state index in [-0.39, 0.29) is 25.0 Å². The molecule has 0 aliphatic carbocycles. The number of halogens is 1. The summed E-state index contributed by atoms with van der Waals surface area (Å²) < 4.78 is 5.45. The molecule has 0 aromatic heterocycles. The van der Waals surface area contributed by atoms with Crippen LogP contribution >= 0.6 is 11.6 Å². The zero-order chi connectivity index (χ0) is 19.3. The second kappa shape index (κ2) is 8.72. The van der Waals surface area contributed by atoms with E-state index >= 15 is 0 Å². The summed E-state index contributed by atoms with van der Waals surface area (Å²) in [6.07, 6.45) is 0. The van der Waals surface area contributed by atoms with Gasteiger partial charge in [-0.3, -0.25) is 9.59 Å². The molecule has 0 aliphatic rings. The first-order valence-corrected chi connectivity index (χ1v) is 8.67. The number of carbonyl (C=O) groups excluding carboxylic acids is 2. The van der Waals surface area contributed by atoms with Crippen LogP contribution < -0.4 is 15.4 Å². The van der Waals surface area contributed by atoms with Crippen molar-refractivity contribution in [2.45, 2.75) is 27.7 Å².